The molecule has 1 unspecified atom stereocenters. The van der Waals surface area contributed by atoms with Crippen LogP contribution in [0.5, 0.6) is 0 Å². The number of urea groups is 1. The summed E-state index contributed by atoms with van der Waals surface area (Å²) < 4.78 is 0. The Balaban J connectivity index is 1.26. The van der Waals surface area contributed by atoms with E-state index >= 15 is 0 Å². The predicted octanol–water partition coefficient (Wildman–Crippen LogP) is 2.62. The molecule has 4 saturated carbocycles. The highest BCUT2D eigenvalue weighted by atomic mass is 16.3. The lowest BCUT2D eigenvalue weighted by atomic mass is 9.49. The van der Waals surface area contributed by atoms with E-state index in [1.54, 1.807) is 0 Å². The molecule has 2 amide bonds. The van der Waals surface area contributed by atoms with Crippen molar-refractivity contribution in [1.82, 2.24) is 10.2 Å². The second-order valence-corrected chi connectivity index (χ2v) is 8.68. The topological polar surface area (TPSA) is 52.6 Å². The minimum atomic E-state index is 0.0840. The van der Waals surface area contributed by atoms with Crippen molar-refractivity contribution in [1.29, 1.82) is 0 Å². The molecule has 1 saturated heterocycles. The fraction of sp³-hybridized carbons (Fsp3) is 0.944. The molecule has 1 atom stereocenters. The van der Waals surface area contributed by atoms with Crippen LogP contribution in [0.25, 0.3) is 0 Å². The van der Waals surface area contributed by atoms with Crippen LogP contribution in [0.2, 0.25) is 0 Å². The maximum atomic E-state index is 12.2. The Hall–Kier alpha value is -0.770. The van der Waals surface area contributed by atoms with Crippen LogP contribution in [0.3, 0.4) is 0 Å². The summed E-state index contributed by atoms with van der Waals surface area (Å²) in [5.74, 6) is 3.26. The van der Waals surface area contributed by atoms with E-state index in [0.717, 1.165) is 43.8 Å². The van der Waals surface area contributed by atoms with Gasteiger partial charge in [-0.05, 0) is 74.5 Å². The third-order valence-electron chi connectivity index (χ3n) is 6.93. The maximum Gasteiger partial charge on any atom is 0.317 e. The van der Waals surface area contributed by atoms with Crippen molar-refractivity contribution >= 4 is 6.03 Å². The lowest BCUT2D eigenvalue weighted by Crippen LogP contribution is -2.48. The Morgan fingerprint density at radius 3 is 2.32 bits per heavy atom. The van der Waals surface area contributed by atoms with E-state index in [-0.39, 0.29) is 18.6 Å². The summed E-state index contributed by atoms with van der Waals surface area (Å²) in [5, 5.41) is 12.3. The van der Waals surface area contributed by atoms with Crippen LogP contribution in [-0.4, -0.2) is 42.3 Å². The standard InChI is InChI=1S/C18H30N2O2/c21-12-13-1-4-20(11-13)17(22)19-3-2-18-8-14-5-15(9-18)7-16(6-14)10-18/h13-16,21H,1-12H2,(H,19,22). The van der Waals surface area contributed by atoms with Crippen molar-refractivity contribution in [3.63, 3.8) is 0 Å². The fourth-order valence-corrected chi connectivity index (χ4v) is 6.31. The number of rotatable bonds is 4. The zero-order chi connectivity index (χ0) is 15.2. The van der Waals surface area contributed by atoms with Gasteiger partial charge in [0.2, 0.25) is 0 Å². The molecule has 0 aromatic rings. The molecule has 2 N–H and O–H groups in total. The van der Waals surface area contributed by atoms with E-state index in [1.807, 2.05) is 4.90 Å². The van der Waals surface area contributed by atoms with Crippen LogP contribution in [0, 0.1) is 29.1 Å². The highest BCUT2D eigenvalue weighted by Gasteiger charge is 2.50. The first kappa shape index (κ1) is 14.8. The molecule has 0 radical (unpaired) electrons. The molecular formula is C18H30N2O2. The highest BCUT2D eigenvalue weighted by Crippen LogP contribution is 2.61. The van der Waals surface area contributed by atoms with Crippen LogP contribution in [-0.2, 0) is 0 Å². The molecule has 1 heterocycles. The number of nitrogens with one attached hydrogen (secondary N) is 1. The quantitative estimate of drug-likeness (QED) is 0.839. The number of hydrogen-bond donors (Lipinski definition) is 2. The molecule has 0 aromatic carbocycles. The average Bonchev–Trinajstić information content (AvgIpc) is 2.94. The van der Waals surface area contributed by atoms with Crippen LogP contribution in [0.15, 0.2) is 0 Å². The molecule has 0 spiro atoms. The normalized spacial score (nSPS) is 42.9. The molecule has 4 nitrogen and oxygen atoms in total. The molecule has 5 aliphatic rings. The van der Waals surface area contributed by atoms with Gasteiger partial charge in [-0.3, -0.25) is 0 Å². The number of carbonyl (C=O) groups is 1. The minimum Gasteiger partial charge on any atom is -0.396 e. The number of amides is 2. The van der Waals surface area contributed by atoms with Crippen molar-refractivity contribution in [2.75, 3.05) is 26.2 Å². The summed E-state index contributed by atoms with van der Waals surface area (Å²) in [5.41, 5.74) is 0.556. The van der Waals surface area contributed by atoms with Crippen molar-refractivity contribution < 1.29 is 9.90 Å². The van der Waals surface area contributed by atoms with Crippen molar-refractivity contribution in [3.8, 4) is 0 Å². The zero-order valence-corrected chi connectivity index (χ0v) is 13.6. The van der Waals surface area contributed by atoms with E-state index in [9.17, 15) is 9.90 Å². The summed E-state index contributed by atoms with van der Waals surface area (Å²) >= 11 is 0. The van der Waals surface area contributed by atoms with Crippen molar-refractivity contribution in [3.05, 3.63) is 0 Å². The van der Waals surface area contributed by atoms with Gasteiger partial charge >= 0.3 is 6.03 Å². The Morgan fingerprint density at radius 1 is 1.14 bits per heavy atom. The van der Waals surface area contributed by atoms with Gasteiger partial charge in [-0.1, -0.05) is 0 Å². The molecule has 4 heteroatoms. The Kier molecular flexibility index (Phi) is 3.83. The second kappa shape index (κ2) is 5.70. The van der Waals surface area contributed by atoms with Gasteiger partial charge in [0.15, 0.2) is 0 Å². The van der Waals surface area contributed by atoms with Crippen molar-refractivity contribution in [2.45, 2.75) is 51.4 Å². The third kappa shape index (κ3) is 2.75. The number of hydrogen-bond acceptors (Lipinski definition) is 2. The Labute approximate surface area is 133 Å². The molecule has 124 valence electrons. The van der Waals surface area contributed by atoms with Gasteiger partial charge in [0, 0.05) is 32.2 Å². The van der Waals surface area contributed by atoms with Crippen LogP contribution in [0.1, 0.15) is 51.4 Å². The molecular weight excluding hydrogens is 276 g/mol. The second-order valence-electron chi connectivity index (χ2n) is 8.68. The van der Waals surface area contributed by atoms with Gasteiger partial charge in [0.05, 0.1) is 0 Å². The Morgan fingerprint density at radius 2 is 1.77 bits per heavy atom. The minimum absolute atomic E-state index is 0.0840. The SMILES string of the molecule is O=C(NCCC12CC3CC(CC(C3)C1)C2)N1CCC(CO)C1. The summed E-state index contributed by atoms with van der Waals surface area (Å²) in [6, 6.07) is 0.0840. The molecule has 0 aromatic heterocycles. The first-order chi connectivity index (χ1) is 10.7. The summed E-state index contributed by atoms with van der Waals surface area (Å²) in [6.45, 7) is 2.57. The number of nitrogens with zero attached hydrogens (tertiary/aromatic N) is 1. The molecule has 5 rings (SSSR count). The van der Waals surface area contributed by atoms with E-state index < -0.39 is 0 Å². The van der Waals surface area contributed by atoms with E-state index in [0.29, 0.717) is 5.41 Å². The number of likely N-dealkylation sites (tertiary alicyclic amines) is 1. The fourth-order valence-electron chi connectivity index (χ4n) is 6.31. The number of aliphatic hydroxyl groups excluding tert-OH is 1. The van der Waals surface area contributed by atoms with E-state index in [1.165, 1.54) is 44.9 Å². The van der Waals surface area contributed by atoms with Gasteiger partial charge in [0.25, 0.3) is 0 Å². The lowest BCUT2D eigenvalue weighted by molar-refractivity contribution is -0.0564. The first-order valence-corrected chi connectivity index (χ1v) is 9.29. The van der Waals surface area contributed by atoms with Crippen LogP contribution >= 0.6 is 0 Å². The van der Waals surface area contributed by atoms with Gasteiger partial charge in [-0.15, -0.1) is 0 Å². The smallest absolute Gasteiger partial charge is 0.317 e. The van der Waals surface area contributed by atoms with Crippen molar-refractivity contribution in [2.24, 2.45) is 29.1 Å². The van der Waals surface area contributed by atoms with E-state index in [4.69, 9.17) is 0 Å². The molecule has 4 aliphatic carbocycles. The van der Waals surface area contributed by atoms with Gasteiger partial charge in [-0.2, -0.15) is 0 Å². The van der Waals surface area contributed by atoms with E-state index in [2.05, 4.69) is 5.32 Å². The third-order valence-corrected chi connectivity index (χ3v) is 6.93. The van der Waals surface area contributed by atoms with Gasteiger partial charge < -0.3 is 15.3 Å². The van der Waals surface area contributed by atoms with Gasteiger partial charge in [-0.25, -0.2) is 4.79 Å². The van der Waals surface area contributed by atoms with Crippen LogP contribution in [0.4, 0.5) is 4.79 Å². The maximum absolute atomic E-state index is 12.2. The van der Waals surface area contributed by atoms with Crippen LogP contribution < -0.4 is 5.32 Å². The predicted molar refractivity (Wildman–Crippen MR) is 85.4 cm³/mol. The average molecular weight is 306 g/mol. The molecule has 4 bridgehead atoms. The summed E-state index contributed by atoms with van der Waals surface area (Å²) in [7, 11) is 0. The highest BCUT2D eigenvalue weighted by molar-refractivity contribution is 5.74. The largest absolute Gasteiger partial charge is 0.396 e. The lowest BCUT2D eigenvalue weighted by Gasteiger charge is -2.57. The molecule has 1 aliphatic heterocycles. The molecule has 5 fully saturated rings. The number of aliphatic hydroxyl groups is 1. The monoisotopic (exact) mass is 306 g/mol. The number of carbonyl (C=O) groups excluding carboxylic acids is 1. The summed E-state index contributed by atoms with van der Waals surface area (Å²) in [6.07, 6.45) is 10.9. The zero-order valence-electron chi connectivity index (χ0n) is 13.6. The Bertz CT molecular complexity index is 402. The summed E-state index contributed by atoms with van der Waals surface area (Å²) in [4.78, 5) is 14.1. The first-order valence-electron chi connectivity index (χ1n) is 9.29. The molecule has 22 heavy (non-hydrogen) atoms. The van der Waals surface area contributed by atoms with Gasteiger partial charge in [0.1, 0.15) is 0 Å².